The SMILES string of the molecule is Cc1csc(C(C)NC(=O)N2CCCC(c3nc(-c4ccccc4)n[nH]3)C2)n1. The average Bonchev–Trinajstić information content (AvgIpc) is 3.38. The van der Waals surface area contributed by atoms with Crippen molar-refractivity contribution in [2.75, 3.05) is 13.1 Å². The molecule has 8 heteroatoms. The van der Waals surface area contributed by atoms with Gasteiger partial charge < -0.3 is 10.2 Å². The lowest BCUT2D eigenvalue weighted by Crippen LogP contribution is -2.45. The number of aromatic amines is 1. The van der Waals surface area contributed by atoms with Crippen LogP contribution in [0.5, 0.6) is 0 Å². The highest BCUT2D eigenvalue weighted by molar-refractivity contribution is 7.09. The van der Waals surface area contributed by atoms with Gasteiger partial charge in [-0.15, -0.1) is 11.3 Å². The Morgan fingerprint density at radius 3 is 2.89 bits per heavy atom. The zero-order valence-corrected chi connectivity index (χ0v) is 16.9. The van der Waals surface area contributed by atoms with Crippen LogP contribution < -0.4 is 5.32 Å². The molecule has 2 aromatic heterocycles. The van der Waals surface area contributed by atoms with E-state index in [1.165, 1.54) is 0 Å². The molecule has 146 valence electrons. The Balaban J connectivity index is 1.40. The number of amides is 2. The first-order chi connectivity index (χ1) is 13.6. The van der Waals surface area contributed by atoms with Crippen molar-refractivity contribution in [3.05, 3.63) is 52.2 Å². The third-order valence-corrected chi connectivity index (χ3v) is 6.12. The van der Waals surface area contributed by atoms with Crippen LogP contribution in [0.15, 0.2) is 35.7 Å². The van der Waals surface area contributed by atoms with E-state index in [1.807, 2.05) is 54.5 Å². The summed E-state index contributed by atoms with van der Waals surface area (Å²) in [5, 5.41) is 13.4. The molecule has 2 amide bonds. The van der Waals surface area contributed by atoms with E-state index in [0.717, 1.165) is 41.5 Å². The highest BCUT2D eigenvalue weighted by atomic mass is 32.1. The summed E-state index contributed by atoms with van der Waals surface area (Å²) in [4.78, 5) is 23.7. The predicted molar refractivity (Wildman–Crippen MR) is 109 cm³/mol. The second kappa shape index (κ2) is 8.10. The number of carbonyl (C=O) groups excluding carboxylic acids is 1. The van der Waals surface area contributed by atoms with Gasteiger partial charge in [-0.05, 0) is 26.7 Å². The van der Waals surface area contributed by atoms with Crippen molar-refractivity contribution in [3.63, 3.8) is 0 Å². The number of carbonyl (C=O) groups is 1. The third-order valence-electron chi connectivity index (χ3n) is 4.98. The molecule has 0 spiro atoms. The number of benzene rings is 1. The molecule has 7 nitrogen and oxygen atoms in total. The van der Waals surface area contributed by atoms with E-state index in [0.29, 0.717) is 12.4 Å². The van der Waals surface area contributed by atoms with E-state index in [2.05, 4.69) is 25.5 Å². The van der Waals surface area contributed by atoms with Crippen LogP contribution in [0.2, 0.25) is 0 Å². The molecule has 0 aliphatic carbocycles. The molecule has 1 aliphatic rings. The van der Waals surface area contributed by atoms with Crippen molar-refractivity contribution >= 4 is 17.4 Å². The van der Waals surface area contributed by atoms with Gasteiger partial charge in [-0.2, -0.15) is 5.10 Å². The van der Waals surface area contributed by atoms with Crippen LogP contribution >= 0.6 is 11.3 Å². The van der Waals surface area contributed by atoms with Gasteiger partial charge in [-0.3, -0.25) is 5.10 Å². The lowest BCUT2D eigenvalue weighted by molar-refractivity contribution is 0.175. The first-order valence-corrected chi connectivity index (χ1v) is 10.4. The summed E-state index contributed by atoms with van der Waals surface area (Å²) in [7, 11) is 0. The van der Waals surface area contributed by atoms with E-state index in [1.54, 1.807) is 11.3 Å². The summed E-state index contributed by atoms with van der Waals surface area (Å²) in [6.45, 7) is 5.33. The summed E-state index contributed by atoms with van der Waals surface area (Å²) < 4.78 is 0. The minimum Gasteiger partial charge on any atom is -0.329 e. The number of thiazole rings is 1. The van der Waals surface area contributed by atoms with Gasteiger partial charge in [0.05, 0.1) is 6.04 Å². The van der Waals surface area contributed by atoms with E-state index >= 15 is 0 Å². The van der Waals surface area contributed by atoms with Crippen molar-refractivity contribution in [2.24, 2.45) is 0 Å². The van der Waals surface area contributed by atoms with Crippen LogP contribution in [0.1, 0.15) is 48.3 Å². The number of piperidine rings is 1. The van der Waals surface area contributed by atoms with Crippen molar-refractivity contribution in [2.45, 2.75) is 38.6 Å². The predicted octanol–water partition coefficient (Wildman–Crippen LogP) is 3.89. The molecule has 4 rings (SSSR count). The fraction of sp³-hybridized carbons (Fsp3) is 0.400. The Labute approximate surface area is 168 Å². The number of H-pyrrole nitrogens is 1. The molecular weight excluding hydrogens is 372 g/mol. The molecule has 3 heterocycles. The van der Waals surface area contributed by atoms with Crippen LogP contribution in [-0.4, -0.2) is 44.2 Å². The van der Waals surface area contributed by atoms with Crippen molar-refractivity contribution in [1.82, 2.24) is 30.4 Å². The van der Waals surface area contributed by atoms with Gasteiger partial charge in [0.2, 0.25) is 0 Å². The Morgan fingerprint density at radius 1 is 1.32 bits per heavy atom. The summed E-state index contributed by atoms with van der Waals surface area (Å²) in [6, 6.07) is 9.77. The molecule has 1 saturated heterocycles. The number of urea groups is 1. The monoisotopic (exact) mass is 396 g/mol. The van der Waals surface area contributed by atoms with Gasteiger partial charge in [-0.1, -0.05) is 30.3 Å². The second-order valence-corrected chi connectivity index (χ2v) is 8.08. The molecule has 1 aromatic carbocycles. The maximum Gasteiger partial charge on any atom is 0.317 e. The van der Waals surface area contributed by atoms with Crippen LogP contribution in [0.3, 0.4) is 0 Å². The smallest absolute Gasteiger partial charge is 0.317 e. The van der Waals surface area contributed by atoms with Gasteiger partial charge in [0.15, 0.2) is 5.82 Å². The number of nitrogens with zero attached hydrogens (tertiary/aromatic N) is 4. The lowest BCUT2D eigenvalue weighted by Gasteiger charge is -2.32. The van der Waals surface area contributed by atoms with Gasteiger partial charge in [0, 0.05) is 35.6 Å². The Kier molecular flexibility index (Phi) is 5.38. The molecule has 1 aliphatic heterocycles. The summed E-state index contributed by atoms with van der Waals surface area (Å²) >= 11 is 1.58. The number of aryl methyl sites for hydroxylation is 1. The Morgan fingerprint density at radius 2 is 2.14 bits per heavy atom. The van der Waals surface area contributed by atoms with Crippen molar-refractivity contribution in [1.29, 1.82) is 0 Å². The van der Waals surface area contributed by atoms with Gasteiger partial charge in [0.1, 0.15) is 10.8 Å². The molecule has 0 bridgehead atoms. The van der Waals surface area contributed by atoms with E-state index in [4.69, 9.17) is 0 Å². The fourth-order valence-electron chi connectivity index (χ4n) is 3.47. The first kappa shape index (κ1) is 18.6. The molecule has 2 atom stereocenters. The highest BCUT2D eigenvalue weighted by Crippen LogP contribution is 2.26. The molecule has 2 N–H and O–H groups in total. The molecule has 0 saturated carbocycles. The number of hydrogen-bond donors (Lipinski definition) is 2. The zero-order chi connectivity index (χ0) is 19.5. The van der Waals surface area contributed by atoms with Gasteiger partial charge in [0.25, 0.3) is 0 Å². The number of rotatable bonds is 4. The number of hydrogen-bond acceptors (Lipinski definition) is 5. The normalized spacial score (nSPS) is 18.1. The quantitative estimate of drug-likeness (QED) is 0.700. The fourth-order valence-corrected chi connectivity index (χ4v) is 4.27. The average molecular weight is 397 g/mol. The third kappa shape index (κ3) is 4.06. The summed E-state index contributed by atoms with van der Waals surface area (Å²) in [5.74, 6) is 1.71. The molecule has 1 fully saturated rings. The lowest BCUT2D eigenvalue weighted by atomic mass is 9.97. The Bertz CT molecular complexity index is 937. The summed E-state index contributed by atoms with van der Waals surface area (Å²) in [5.41, 5.74) is 1.97. The van der Waals surface area contributed by atoms with Crippen LogP contribution in [0.4, 0.5) is 4.79 Å². The van der Waals surface area contributed by atoms with E-state index in [9.17, 15) is 4.79 Å². The molecular formula is C20H24N6OS. The van der Waals surface area contributed by atoms with Crippen LogP contribution in [0, 0.1) is 6.92 Å². The van der Waals surface area contributed by atoms with Crippen LogP contribution in [-0.2, 0) is 0 Å². The number of likely N-dealkylation sites (tertiary alicyclic amines) is 1. The number of aromatic nitrogens is 4. The van der Waals surface area contributed by atoms with E-state index < -0.39 is 0 Å². The van der Waals surface area contributed by atoms with Crippen LogP contribution in [0.25, 0.3) is 11.4 Å². The minimum atomic E-state index is -0.0958. The maximum absolute atomic E-state index is 12.7. The topological polar surface area (TPSA) is 86.8 Å². The molecule has 0 radical (unpaired) electrons. The van der Waals surface area contributed by atoms with Crippen molar-refractivity contribution < 1.29 is 4.79 Å². The van der Waals surface area contributed by atoms with Gasteiger partial charge in [-0.25, -0.2) is 14.8 Å². The Hall–Kier alpha value is -2.74. The standard InChI is InChI=1S/C20H24N6OS/c1-13-12-28-19(21-13)14(2)22-20(27)26-10-6-9-16(11-26)18-23-17(24-25-18)15-7-4-3-5-8-15/h3-5,7-8,12,14,16H,6,9-11H2,1-2H3,(H,22,27)(H,23,24,25). The largest absolute Gasteiger partial charge is 0.329 e. The maximum atomic E-state index is 12.7. The molecule has 2 unspecified atom stereocenters. The van der Waals surface area contributed by atoms with E-state index in [-0.39, 0.29) is 18.0 Å². The van der Waals surface area contributed by atoms with Crippen molar-refractivity contribution in [3.8, 4) is 11.4 Å². The minimum absolute atomic E-state index is 0.0483. The first-order valence-electron chi connectivity index (χ1n) is 9.55. The number of nitrogens with one attached hydrogen (secondary N) is 2. The molecule has 3 aromatic rings. The second-order valence-electron chi connectivity index (χ2n) is 7.19. The zero-order valence-electron chi connectivity index (χ0n) is 16.1. The molecule has 28 heavy (non-hydrogen) atoms. The van der Waals surface area contributed by atoms with Gasteiger partial charge >= 0.3 is 6.03 Å². The highest BCUT2D eigenvalue weighted by Gasteiger charge is 2.28. The summed E-state index contributed by atoms with van der Waals surface area (Å²) in [6.07, 6.45) is 1.94.